The fraction of sp³-hybridized carbons (Fsp3) is 0.538. The summed E-state index contributed by atoms with van der Waals surface area (Å²) in [5.41, 5.74) is 6.41. The van der Waals surface area contributed by atoms with E-state index in [2.05, 4.69) is 5.32 Å². The monoisotopic (exact) mass is 286 g/mol. The van der Waals surface area contributed by atoms with Crippen LogP contribution < -0.4 is 11.1 Å². The summed E-state index contributed by atoms with van der Waals surface area (Å²) >= 11 is 0. The van der Waals surface area contributed by atoms with Crippen molar-refractivity contribution < 1.29 is 13.5 Å². The van der Waals surface area contributed by atoms with E-state index in [0.717, 1.165) is 12.7 Å². The number of benzene rings is 1. The second-order valence-electron chi connectivity index (χ2n) is 5.00. The molecule has 0 amide bonds. The van der Waals surface area contributed by atoms with Gasteiger partial charge in [-0.2, -0.15) is 0 Å². The number of nitrogens with one attached hydrogen (secondary N) is 1. The average molecular weight is 286 g/mol. The maximum Gasteiger partial charge on any atom is 0.177 e. The van der Waals surface area contributed by atoms with Gasteiger partial charge in [-0.1, -0.05) is 13.0 Å². The van der Waals surface area contributed by atoms with E-state index in [9.17, 15) is 8.42 Å². The molecule has 5 nitrogen and oxygen atoms in total. The second-order valence-corrected chi connectivity index (χ2v) is 6.99. The lowest BCUT2D eigenvalue weighted by molar-refractivity contribution is 0.252. The Kier molecular flexibility index (Phi) is 4.81. The Morgan fingerprint density at radius 1 is 1.42 bits per heavy atom. The lowest BCUT2D eigenvalue weighted by Gasteiger charge is -2.31. The van der Waals surface area contributed by atoms with Crippen LogP contribution in [0, 0.1) is 0 Å². The summed E-state index contributed by atoms with van der Waals surface area (Å²) in [6.45, 7) is 4.03. The minimum Gasteiger partial charge on any atom is -0.396 e. The van der Waals surface area contributed by atoms with Gasteiger partial charge in [0.05, 0.1) is 16.3 Å². The molecule has 0 aromatic heterocycles. The fourth-order valence-corrected chi connectivity index (χ4v) is 2.71. The minimum atomic E-state index is -3.34. The molecular weight excluding hydrogens is 264 g/mol. The Morgan fingerprint density at radius 2 is 2.05 bits per heavy atom. The summed E-state index contributed by atoms with van der Waals surface area (Å²) < 4.78 is 23.2. The molecule has 1 aromatic carbocycles. The normalized spacial score (nSPS) is 14.9. The zero-order chi connectivity index (χ0) is 14.7. The molecule has 0 radical (unpaired) electrons. The van der Waals surface area contributed by atoms with E-state index in [4.69, 9.17) is 10.8 Å². The Balaban J connectivity index is 3.16. The van der Waals surface area contributed by atoms with Gasteiger partial charge in [0.2, 0.25) is 0 Å². The van der Waals surface area contributed by atoms with Gasteiger partial charge in [0.15, 0.2) is 9.84 Å². The minimum absolute atomic E-state index is 0.0585. The number of nitrogen functional groups attached to an aromatic ring is 1. The molecule has 0 heterocycles. The van der Waals surface area contributed by atoms with E-state index in [0.29, 0.717) is 12.1 Å². The Labute approximate surface area is 114 Å². The highest BCUT2D eigenvalue weighted by Gasteiger charge is 2.23. The first kappa shape index (κ1) is 15.8. The zero-order valence-electron chi connectivity index (χ0n) is 11.6. The third-order valence-electron chi connectivity index (χ3n) is 3.35. The van der Waals surface area contributed by atoms with Gasteiger partial charge in [0, 0.05) is 18.4 Å². The van der Waals surface area contributed by atoms with Crippen molar-refractivity contribution in [3.63, 3.8) is 0 Å². The molecule has 0 aliphatic heterocycles. The highest BCUT2D eigenvalue weighted by molar-refractivity contribution is 7.90. The van der Waals surface area contributed by atoms with E-state index in [1.807, 2.05) is 13.8 Å². The Bertz CT molecular complexity index is 543. The summed E-state index contributed by atoms with van der Waals surface area (Å²) in [6.07, 6.45) is 2.48. The molecule has 1 atom stereocenters. The fourth-order valence-electron chi connectivity index (χ4n) is 1.88. The Morgan fingerprint density at radius 3 is 2.53 bits per heavy atom. The second kappa shape index (κ2) is 5.79. The maximum atomic E-state index is 11.6. The van der Waals surface area contributed by atoms with Gasteiger partial charge in [0.25, 0.3) is 0 Å². The number of aliphatic hydroxyl groups is 1. The summed E-state index contributed by atoms with van der Waals surface area (Å²) in [4.78, 5) is 0.125. The van der Waals surface area contributed by atoms with E-state index in [1.165, 1.54) is 6.07 Å². The zero-order valence-corrected chi connectivity index (χ0v) is 12.4. The molecular formula is C13H22N2O3S. The molecule has 1 aromatic rings. The number of nitrogens with two attached hydrogens (primary N) is 1. The molecule has 4 N–H and O–H groups in total. The summed E-state index contributed by atoms with van der Waals surface area (Å²) in [7, 11) is -3.34. The number of hydrogen-bond acceptors (Lipinski definition) is 5. The van der Waals surface area contributed by atoms with Crippen molar-refractivity contribution in [1.82, 2.24) is 0 Å². The van der Waals surface area contributed by atoms with Crippen LogP contribution in [0.4, 0.5) is 11.4 Å². The SMILES string of the molecule is CCC(C)(CCO)Nc1cccc(S(C)(=O)=O)c1N. The lowest BCUT2D eigenvalue weighted by Crippen LogP contribution is -2.35. The van der Waals surface area contributed by atoms with Crippen LogP contribution in [0.1, 0.15) is 26.7 Å². The first-order valence-corrected chi connectivity index (χ1v) is 8.10. The topological polar surface area (TPSA) is 92.4 Å². The molecule has 0 aliphatic rings. The Hall–Kier alpha value is -1.27. The number of anilines is 2. The molecule has 108 valence electrons. The molecule has 1 unspecified atom stereocenters. The number of sulfone groups is 1. The molecule has 19 heavy (non-hydrogen) atoms. The van der Waals surface area contributed by atoms with E-state index < -0.39 is 9.84 Å². The maximum absolute atomic E-state index is 11.6. The lowest BCUT2D eigenvalue weighted by atomic mass is 9.94. The first-order chi connectivity index (χ1) is 8.73. The van der Waals surface area contributed by atoms with Crippen LogP contribution in [0.25, 0.3) is 0 Å². The van der Waals surface area contributed by atoms with Gasteiger partial charge in [-0.15, -0.1) is 0 Å². The summed E-state index contributed by atoms with van der Waals surface area (Å²) in [5, 5.41) is 12.3. The molecule has 6 heteroatoms. The van der Waals surface area contributed by atoms with Crippen molar-refractivity contribution in [1.29, 1.82) is 0 Å². The molecule has 0 aliphatic carbocycles. The van der Waals surface area contributed by atoms with Crippen molar-refractivity contribution in [2.24, 2.45) is 0 Å². The first-order valence-electron chi connectivity index (χ1n) is 6.21. The third-order valence-corrected chi connectivity index (χ3v) is 4.50. The van der Waals surface area contributed by atoms with Crippen molar-refractivity contribution in [3.8, 4) is 0 Å². The van der Waals surface area contributed by atoms with Crippen LogP contribution in [0.15, 0.2) is 23.1 Å². The molecule has 1 rings (SSSR count). The van der Waals surface area contributed by atoms with Gasteiger partial charge in [0.1, 0.15) is 0 Å². The summed E-state index contributed by atoms with van der Waals surface area (Å²) in [6, 6.07) is 4.89. The molecule has 0 fully saturated rings. The molecule has 0 saturated heterocycles. The highest BCUT2D eigenvalue weighted by Crippen LogP contribution is 2.30. The quantitative estimate of drug-likeness (QED) is 0.691. The standard InChI is InChI=1S/C13H22N2O3S/c1-4-13(2,8-9-16)15-10-6-5-7-11(12(10)14)19(3,17)18/h5-7,15-16H,4,8-9,14H2,1-3H3. The van der Waals surface area contributed by atoms with Gasteiger partial charge >= 0.3 is 0 Å². The van der Waals surface area contributed by atoms with Crippen LogP contribution in [0.5, 0.6) is 0 Å². The van der Waals surface area contributed by atoms with Gasteiger partial charge in [-0.25, -0.2) is 8.42 Å². The number of aliphatic hydroxyl groups excluding tert-OH is 1. The van der Waals surface area contributed by atoms with Crippen molar-refractivity contribution in [2.75, 3.05) is 23.9 Å². The number of hydrogen-bond donors (Lipinski definition) is 3. The van der Waals surface area contributed by atoms with Crippen LogP contribution in [0.2, 0.25) is 0 Å². The molecule has 0 spiro atoms. The highest BCUT2D eigenvalue weighted by atomic mass is 32.2. The van der Waals surface area contributed by atoms with Crippen LogP contribution in [0.3, 0.4) is 0 Å². The van der Waals surface area contributed by atoms with Gasteiger partial charge in [-0.05, 0) is 31.9 Å². The number of para-hydroxylation sites is 1. The largest absolute Gasteiger partial charge is 0.396 e. The third kappa shape index (κ3) is 3.84. The number of rotatable bonds is 6. The van der Waals surface area contributed by atoms with Crippen molar-refractivity contribution in [3.05, 3.63) is 18.2 Å². The smallest absolute Gasteiger partial charge is 0.177 e. The van der Waals surface area contributed by atoms with Crippen LogP contribution in [-0.4, -0.2) is 31.9 Å². The van der Waals surface area contributed by atoms with E-state index in [1.54, 1.807) is 12.1 Å². The van der Waals surface area contributed by atoms with E-state index >= 15 is 0 Å². The van der Waals surface area contributed by atoms with Crippen molar-refractivity contribution in [2.45, 2.75) is 37.1 Å². The van der Waals surface area contributed by atoms with Gasteiger partial charge < -0.3 is 16.2 Å². The van der Waals surface area contributed by atoms with E-state index in [-0.39, 0.29) is 22.7 Å². The van der Waals surface area contributed by atoms with Crippen LogP contribution >= 0.6 is 0 Å². The van der Waals surface area contributed by atoms with Crippen LogP contribution in [-0.2, 0) is 9.84 Å². The predicted octanol–water partition coefficient (Wildman–Crippen LogP) is 1.64. The van der Waals surface area contributed by atoms with Crippen molar-refractivity contribution >= 4 is 21.2 Å². The van der Waals surface area contributed by atoms with Gasteiger partial charge in [-0.3, -0.25) is 0 Å². The molecule has 0 saturated carbocycles. The summed E-state index contributed by atoms with van der Waals surface area (Å²) in [5.74, 6) is 0. The average Bonchev–Trinajstić information content (AvgIpc) is 2.31. The predicted molar refractivity (Wildman–Crippen MR) is 78.0 cm³/mol. The molecule has 0 bridgehead atoms.